The van der Waals surface area contributed by atoms with Crippen LogP contribution >= 0.6 is 15.9 Å². The summed E-state index contributed by atoms with van der Waals surface area (Å²) in [7, 11) is 0. The van der Waals surface area contributed by atoms with Gasteiger partial charge in [0.15, 0.2) is 0 Å². The molecule has 27 heavy (non-hydrogen) atoms. The van der Waals surface area contributed by atoms with E-state index < -0.39 is 23.9 Å². The first-order valence-corrected chi connectivity index (χ1v) is 8.29. The normalized spacial score (nSPS) is 12.4. The average molecular weight is 451 g/mol. The summed E-state index contributed by atoms with van der Waals surface area (Å²) in [6, 6.07) is 2.06. The predicted molar refractivity (Wildman–Crippen MR) is 95.2 cm³/mol. The van der Waals surface area contributed by atoms with E-state index in [1.165, 1.54) is 12.1 Å². The van der Waals surface area contributed by atoms with Gasteiger partial charge in [0.05, 0.1) is 12.7 Å². The molecule has 2 rings (SSSR count). The highest BCUT2D eigenvalue weighted by Gasteiger charge is 2.36. The lowest BCUT2D eigenvalue weighted by molar-refractivity contribution is -0.148. The van der Waals surface area contributed by atoms with Crippen molar-refractivity contribution in [3.63, 3.8) is 0 Å². The zero-order valence-electron chi connectivity index (χ0n) is 13.9. The second-order valence-electron chi connectivity index (χ2n) is 5.38. The van der Waals surface area contributed by atoms with E-state index in [-0.39, 0.29) is 24.0 Å². The molecule has 1 atom stereocenters. The third-order valence-corrected chi connectivity index (χ3v) is 3.62. The third-order valence-electron chi connectivity index (χ3n) is 3.23. The summed E-state index contributed by atoms with van der Waals surface area (Å²) in [6.45, 7) is 4.25. The van der Waals surface area contributed by atoms with Crippen molar-refractivity contribution in [1.82, 2.24) is 20.1 Å². The largest absolute Gasteiger partial charge is 0.408 e. The van der Waals surface area contributed by atoms with Gasteiger partial charge in [-0.25, -0.2) is 14.1 Å². The van der Waals surface area contributed by atoms with Gasteiger partial charge in [0, 0.05) is 6.07 Å². The number of carbonyl (C=O) groups is 1. The molecule has 2 aromatic heterocycles. The van der Waals surface area contributed by atoms with Gasteiger partial charge >= 0.3 is 6.18 Å². The number of hydrogen-bond donors (Lipinski definition) is 3. The van der Waals surface area contributed by atoms with E-state index in [9.17, 15) is 22.4 Å². The molecule has 0 fully saturated rings. The summed E-state index contributed by atoms with van der Waals surface area (Å²) in [5.74, 6) is -0.785. The molecule has 0 aliphatic rings. The first-order valence-electron chi connectivity index (χ1n) is 7.49. The zero-order valence-corrected chi connectivity index (χ0v) is 15.5. The second-order valence-corrected chi connectivity index (χ2v) is 6.19. The SMILES string of the molecule is C=C(NC(C)C(F)(F)F)n1nc(Br)cc1NCC(=O)Nc1ccc(F)cn1. The van der Waals surface area contributed by atoms with Crippen molar-refractivity contribution in [2.75, 3.05) is 17.2 Å². The maximum atomic E-state index is 12.8. The van der Waals surface area contributed by atoms with Crippen molar-refractivity contribution in [1.29, 1.82) is 0 Å². The Kier molecular flexibility index (Phi) is 6.41. The molecule has 3 N–H and O–H groups in total. The summed E-state index contributed by atoms with van der Waals surface area (Å²) in [5.41, 5.74) is 0. The van der Waals surface area contributed by atoms with Gasteiger partial charge in [0.1, 0.15) is 33.9 Å². The summed E-state index contributed by atoms with van der Waals surface area (Å²) in [4.78, 5) is 15.6. The molecule has 0 saturated carbocycles. The van der Waals surface area contributed by atoms with Crippen LogP contribution in [-0.4, -0.2) is 39.4 Å². The van der Waals surface area contributed by atoms with Crippen LogP contribution in [0, 0.1) is 5.82 Å². The minimum Gasteiger partial charge on any atom is -0.361 e. The van der Waals surface area contributed by atoms with E-state index in [0.29, 0.717) is 4.60 Å². The van der Waals surface area contributed by atoms with Gasteiger partial charge < -0.3 is 16.0 Å². The number of halogens is 5. The van der Waals surface area contributed by atoms with Crippen LogP contribution in [0.2, 0.25) is 0 Å². The van der Waals surface area contributed by atoms with Gasteiger partial charge in [-0.15, -0.1) is 0 Å². The molecule has 1 amide bonds. The molecular weight excluding hydrogens is 436 g/mol. The van der Waals surface area contributed by atoms with Crippen molar-refractivity contribution in [2.45, 2.75) is 19.1 Å². The molecular formula is C15H15BrF4N6O. The average Bonchev–Trinajstić information content (AvgIpc) is 2.95. The number of alkyl halides is 3. The van der Waals surface area contributed by atoms with E-state index >= 15 is 0 Å². The molecule has 7 nitrogen and oxygen atoms in total. The fourth-order valence-electron chi connectivity index (χ4n) is 1.88. The quantitative estimate of drug-likeness (QED) is 0.564. The zero-order chi connectivity index (χ0) is 20.2. The van der Waals surface area contributed by atoms with Crippen LogP contribution in [-0.2, 0) is 4.79 Å². The van der Waals surface area contributed by atoms with Gasteiger partial charge in [-0.2, -0.15) is 18.3 Å². The summed E-state index contributed by atoms with van der Waals surface area (Å²) in [6.07, 6.45) is -3.50. The molecule has 2 aromatic rings. The Morgan fingerprint density at radius 3 is 2.70 bits per heavy atom. The van der Waals surface area contributed by atoms with Crippen molar-refractivity contribution < 1.29 is 22.4 Å². The number of rotatable bonds is 7. The topological polar surface area (TPSA) is 83.9 Å². The highest BCUT2D eigenvalue weighted by molar-refractivity contribution is 9.10. The van der Waals surface area contributed by atoms with Gasteiger partial charge in [0.2, 0.25) is 5.91 Å². The Morgan fingerprint density at radius 2 is 2.11 bits per heavy atom. The molecule has 146 valence electrons. The maximum absolute atomic E-state index is 12.8. The van der Waals surface area contributed by atoms with Crippen LogP contribution in [0.1, 0.15) is 6.92 Å². The van der Waals surface area contributed by atoms with E-state index in [1.807, 2.05) is 0 Å². The van der Waals surface area contributed by atoms with E-state index in [4.69, 9.17) is 0 Å². The highest BCUT2D eigenvalue weighted by atomic mass is 79.9. The molecule has 0 aliphatic carbocycles. The lowest BCUT2D eigenvalue weighted by Gasteiger charge is -2.20. The standard InChI is InChI=1S/C15H15BrF4N6O/c1-8(15(18,19)20)23-9(2)26-13(5-11(16)25-26)22-7-14(27)24-12-4-3-10(17)6-21-12/h3-6,8,22-23H,2,7H2,1H3,(H,21,24,27). The first-order chi connectivity index (χ1) is 12.6. The number of aromatic nitrogens is 3. The Labute approximate surface area is 160 Å². The van der Waals surface area contributed by atoms with E-state index in [2.05, 4.69) is 48.5 Å². The highest BCUT2D eigenvalue weighted by Crippen LogP contribution is 2.23. The number of hydrogen-bond acceptors (Lipinski definition) is 5. The fourth-order valence-corrected chi connectivity index (χ4v) is 2.26. The Hall–Kier alpha value is -2.63. The van der Waals surface area contributed by atoms with Crippen LogP contribution in [0.4, 0.5) is 29.2 Å². The number of pyridine rings is 1. The van der Waals surface area contributed by atoms with E-state index in [0.717, 1.165) is 23.9 Å². The fraction of sp³-hybridized carbons (Fsp3) is 0.267. The minimum atomic E-state index is -4.46. The van der Waals surface area contributed by atoms with Gasteiger partial charge in [0.25, 0.3) is 0 Å². The second kappa shape index (κ2) is 8.37. The van der Waals surface area contributed by atoms with Crippen LogP contribution in [0.15, 0.2) is 35.6 Å². The smallest absolute Gasteiger partial charge is 0.361 e. The molecule has 12 heteroatoms. The van der Waals surface area contributed by atoms with Gasteiger partial charge in [-0.05, 0) is 35.0 Å². The number of amides is 1. The summed E-state index contributed by atoms with van der Waals surface area (Å²) in [5, 5.41) is 11.3. The van der Waals surface area contributed by atoms with Crippen LogP contribution in [0.3, 0.4) is 0 Å². The Bertz CT molecular complexity index is 821. The minimum absolute atomic E-state index is 0.131. The predicted octanol–water partition coefficient (Wildman–Crippen LogP) is 3.20. The Balaban J connectivity index is 1.99. The monoisotopic (exact) mass is 450 g/mol. The van der Waals surface area contributed by atoms with Crippen LogP contribution in [0.5, 0.6) is 0 Å². The lowest BCUT2D eigenvalue weighted by Crippen LogP contribution is -2.39. The molecule has 1 unspecified atom stereocenters. The molecule has 0 radical (unpaired) electrons. The van der Waals surface area contributed by atoms with Crippen molar-refractivity contribution in [2.24, 2.45) is 0 Å². The number of nitrogens with one attached hydrogen (secondary N) is 3. The summed E-state index contributed by atoms with van der Waals surface area (Å²) < 4.78 is 52.2. The van der Waals surface area contributed by atoms with Crippen molar-refractivity contribution in [3.8, 4) is 0 Å². The molecule has 0 aliphatic heterocycles. The molecule has 0 aromatic carbocycles. The van der Waals surface area contributed by atoms with Crippen LogP contribution in [0.25, 0.3) is 5.82 Å². The van der Waals surface area contributed by atoms with Gasteiger partial charge in [-0.1, -0.05) is 6.58 Å². The maximum Gasteiger partial charge on any atom is 0.408 e. The van der Waals surface area contributed by atoms with E-state index in [1.54, 1.807) is 0 Å². The third kappa shape index (κ3) is 5.94. The Morgan fingerprint density at radius 1 is 1.41 bits per heavy atom. The molecule has 0 spiro atoms. The number of nitrogens with zero attached hydrogens (tertiary/aromatic N) is 3. The van der Waals surface area contributed by atoms with Crippen molar-refractivity contribution >= 4 is 39.3 Å². The lowest BCUT2D eigenvalue weighted by atomic mass is 10.3. The van der Waals surface area contributed by atoms with Gasteiger partial charge in [-0.3, -0.25) is 4.79 Å². The van der Waals surface area contributed by atoms with Crippen LogP contribution < -0.4 is 16.0 Å². The molecule has 2 heterocycles. The molecule has 0 bridgehead atoms. The van der Waals surface area contributed by atoms with Crippen molar-refractivity contribution in [3.05, 3.63) is 41.4 Å². The molecule has 0 saturated heterocycles. The first kappa shape index (κ1) is 20.7. The number of carbonyl (C=O) groups excluding carboxylic acids is 1. The summed E-state index contributed by atoms with van der Waals surface area (Å²) >= 11 is 3.12. The number of anilines is 2.